The monoisotopic (exact) mass is 559 g/mol. The maximum absolute atomic E-state index is 11.3. The Labute approximate surface area is 231 Å². The van der Waals surface area contributed by atoms with Crippen LogP contribution in [0.2, 0.25) is 15.1 Å². The van der Waals surface area contributed by atoms with Gasteiger partial charge in [0.25, 0.3) is 0 Å². The van der Waals surface area contributed by atoms with Gasteiger partial charge in [-0.25, -0.2) is 10.6 Å². The molecule has 1 aliphatic carbocycles. The van der Waals surface area contributed by atoms with Gasteiger partial charge in [-0.1, -0.05) is 72.9 Å². The number of carboxylic acids is 1. The fraction of sp³-hybridized carbons (Fsp3) is 0.250. The number of hydrazine groups is 1. The summed E-state index contributed by atoms with van der Waals surface area (Å²) in [5.74, 6) is 6.51. The first-order chi connectivity index (χ1) is 17.6. The van der Waals surface area contributed by atoms with Gasteiger partial charge in [0.2, 0.25) is 0 Å². The summed E-state index contributed by atoms with van der Waals surface area (Å²) in [6.45, 7) is 3.99. The number of hydrogen-bond donors (Lipinski definition) is 3. The summed E-state index contributed by atoms with van der Waals surface area (Å²) < 4.78 is 6.06. The normalized spacial score (nSPS) is 17.4. The molecule has 5 N–H and O–H groups in total. The van der Waals surface area contributed by atoms with Gasteiger partial charge in [-0.3, -0.25) is 5.01 Å². The molecule has 194 valence electrons. The minimum Gasteiger partial charge on any atom is -0.487 e. The van der Waals surface area contributed by atoms with Gasteiger partial charge < -0.3 is 15.6 Å². The lowest BCUT2D eigenvalue weighted by molar-refractivity contribution is 0.0696. The van der Waals surface area contributed by atoms with Crippen LogP contribution in [0.3, 0.4) is 0 Å². The molecule has 3 aromatic rings. The summed E-state index contributed by atoms with van der Waals surface area (Å²) in [6, 6.07) is 17.8. The molecule has 0 radical (unpaired) electrons. The number of carboxylic acid groups (broad SMARTS) is 1. The number of rotatable bonds is 9. The Morgan fingerprint density at radius 2 is 1.70 bits per heavy atom. The van der Waals surface area contributed by atoms with E-state index in [1.807, 2.05) is 32.0 Å². The Balaban J connectivity index is 1.51. The van der Waals surface area contributed by atoms with E-state index in [0.717, 1.165) is 17.5 Å². The maximum Gasteiger partial charge on any atom is 0.335 e. The Morgan fingerprint density at radius 1 is 1.03 bits per heavy atom. The molecule has 0 saturated heterocycles. The third-order valence-electron chi connectivity index (χ3n) is 6.52. The average Bonchev–Trinajstić information content (AvgIpc) is 3.64. The average molecular weight is 561 g/mol. The summed E-state index contributed by atoms with van der Waals surface area (Å²) in [7, 11) is 0. The molecule has 37 heavy (non-hydrogen) atoms. The van der Waals surface area contributed by atoms with E-state index in [0.29, 0.717) is 37.9 Å². The number of allylic oxidation sites excluding steroid dienone is 1. The van der Waals surface area contributed by atoms with Gasteiger partial charge in [0.15, 0.2) is 0 Å². The van der Waals surface area contributed by atoms with Crippen molar-refractivity contribution in [1.29, 1.82) is 0 Å². The second-order valence-electron chi connectivity index (χ2n) is 9.35. The van der Waals surface area contributed by atoms with Crippen molar-refractivity contribution in [3.05, 3.63) is 104 Å². The highest BCUT2D eigenvalue weighted by Gasteiger charge is 2.40. The second-order valence-corrected chi connectivity index (χ2v) is 10.6. The minimum atomic E-state index is -0.932. The summed E-state index contributed by atoms with van der Waals surface area (Å²) >= 11 is 19.4. The van der Waals surface area contributed by atoms with Gasteiger partial charge in [-0.2, -0.15) is 0 Å². The van der Waals surface area contributed by atoms with Crippen molar-refractivity contribution in [2.75, 3.05) is 11.6 Å². The summed E-state index contributed by atoms with van der Waals surface area (Å²) in [5.41, 5.74) is 10.2. The molecule has 0 aromatic heterocycles. The summed E-state index contributed by atoms with van der Waals surface area (Å²) in [4.78, 5) is 11.3. The number of nitrogens with two attached hydrogens (primary N) is 2. The lowest BCUT2D eigenvalue weighted by Crippen LogP contribution is -2.36. The van der Waals surface area contributed by atoms with Crippen LogP contribution in [0, 0.1) is 5.92 Å². The number of halogens is 3. The lowest BCUT2D eigenvalue weighted by Gasteiger charge is -2.27. The summed E-state index contributed by atoms with van der Waals surface area (Å²) in [5, 5.41) is 12.0. The van der Waals surface area contributed by atoms with E-state index < -0.39 is 5.97 Å². The molecule has 9 heteroatoms. The number of nitrogens with zero attached hydrogens (tertiary/aromatic N) is 1. The first-order valence-electron chi connectivity index (χ1n) is 11.8. The first kappa shape index (κ1) is 27.1. The van der Waals surface area contributed by atoms with Crippen LogP contribution in [0.25, 0.3) is 0 Å². The molecule has 2 unspecified atom stereocenters. The maximum atomic E-state index is 11.3. The molecule has 0 amide bonds. The van der Waals surface area contributed by atoms with Crippen LogP contribution in [0.1, 0.15) is 53.6 Å². The zero-order chi connectivity index (χ0) is 26.9. The van der Waals surface area contributed by atoms with E-state index >= 15 is 0 Å². The predicted octanol–water partition coefficient (Wildman–Crippen LogP) is 7.20. The highest BCUT2D eigenvalue weighted by Crippen LogP contribution is 2.56. The number of carbonyl (C=O) groups is 1. The molecular weight excluding hydrogens is 533 g/mol. The van der Waals surface area contributed by atoms with Crippen LogP contribution < -0.4 is 21.3 Å². The van der Waals surface area contributed by atoms with E-state index in [1.54, 1.807) is 42.5 Å². The van der Waals surface area contributed by atoms with Crippen molar-refractivity contribution >= 4 is 46.5 Å². The predicted molar refractivity (Wildman–Crippen MR) is 150 cm³/mol. The Morgan fingerprint density at radius 3 is 2.32 bits per heavy atom. The molecule has 2 atom stereocenters. The van der Waals surface area contributed by atoms with Crippen LogP contribution in [-0.4, -0.2) is 17.7 Å². The number of ether oxygens (including phenoxy) is 1. The lowest BCUT2D eigenvalue weighted by atomic mass is 10.0. The minimum absolute atomic E-state index is 0.00306. The molecule has 6 nitrogen and oxygen atoms in total. The van der Waals surface area contributed by atoms with E-state index in [9.17, 15) is 9.90 Å². The van der Waals surface area contributed by atoms with Gasteiger partial charge >= 0.3 is 5.97 Å². The number of benzene rings is 3. The quantitative estimate of drug-likeness (QED) is 0.189. The van der Waals surface area contributed by atoms with E-state index in [1.165, 1.54) is 5.01 Å². The van der Waals surface area contributed by atoms with Gasteiger partial charge in [-0.15, -0.1) is 0 Å². The van der Waals surface area contributed by atoms with E-state index in [2.05, 4.69) is 0 Å². The SMILES string of the molecule is CC(C)/C(N)=C(\COc1ccc(C2CC2c2cccc(C(=O)O)c2)c(Cl)c1)N(N)c1c(Cl)cccc1Cl. The molecule has 1 fully saturated rings. The van der Waals surface area contributed by atoms with Crippen molar-refractivity contribution in [2.24, 2.45) is 17.5 Å². The molecule has 0 aliphatic heterocycles. The Hall–Kier alpha value is -2.90. The zero-order valence-electron chi connectivity index (χ0n) is 20.4. The zero-order valence-corrected chi connectivity index (χ0v) is 22.7. The molecular formula is C28H28Cl3N3O3. The van der Waals surface area contributed by atoms with Crippen molar-refractivity contribution in [3.63, 3.8) is 0 Å². The van der Waals surface area contributed by atoms with Gasteiger partial charge in [-0.05, 0) is 71.7 Å². The van der Waals surface area contributed by atoms with Crippen LogP contribution >= 0.6 is 34.8 Å². The highest BCUT2D eigenvalue weighted by atomic mass is 35.5. The molecule has 1 saturated carbocycles. The van der Waals surface area contributed by atoms with Crippen LogP contribution in [0.15, 0.2) is 72.1 Å². The number of aromatic carboxylic acids is 1. The number of para-hydroxylation sites is 1. The van der Waals surface area contributed by atoms with Crippen molar-refractivity contribution in [2.45, 2.75) is 32.1 Å². The molecule has 0 spiro atoms. The molecule has 0 bridgehead atoms. The topological polar surface area (TPSA) is 102 Å². The van der Waals surface area contributed by atoms with Crippen LogP contribution in [0.4, 0.5) is 5.69 Å². The Kier molecular flexibility index (Phi) is 8.24. The third kappa shape index (κ3) is 5.99. The van der Waals surface area contributed by atoms with Gasteiger partial charge in [0.05, 0.1) is 27.0 Å². The second kappa shape index (κ2) is 11.2. The Bertz CT molecular complexity index is 1340. The number of anilines is 1. The van der Waals surface area contributed by atoms with Crippen molar-refractivity contribution in [1.82, 2.24) is 0 Å². The molecule has 1 aliphatic rings. The van der Waals surface area contributed by atoms with Gasteiger partial charge in [0, 0.05) is 10.7 Å². The first-order valence-corrected chi connectivity index (χ1v) is 12.9. The van der Waals surface area contributed by atoms with Crippen molar-refractivity contribution in [3.8, 4) is 5.75 Å². The third-order valence-corrected chi connectivity index (χ3v) is 7.46. The fourth-order valence-electron chi connectivity index (χ4n) is 4.34. The smallest absolute Gasteiger partial charge is 0.335 e. The van der Waals surface area contributed by atoms with Gasteiger partial charge in [0.1, 0.15) is 12.4 Å². The number of hydrogen-bond acceptors (Lipinski definition) is 5. The molecule has 0 heterocycles. The summed E-state index contributed by atoms with van der Waals surface area (Å²) in [6.07, 6.45) is 0.904. The fourth-order valence-corrected chi connectivity index (χ4v) is 5.23. The standard InChI is InChI=1S/C28H28Cl3N3O3/c1-15(2)26(32)25(34(33)27-22(29)7-4-8-23(27)30)14-37-18-9-10-19(24(31)12-18)21-13-20(21)16-5-3-6-17(11-16)28(35)36/h3-12,15,20-21H,13-14,32-33H2,1-2H3,(H,35,36)/b26-25-. The molecule has 4 rings (SSSR count). The molecule has 3 aromatic carbocycles. The highest BCUT2D eigenvalue weighted by molar-refractivity contribution is 6.39. The van der Waals surface area contributed by atoms with Crippen LogP contribution in [-0.2, 0) is 0 Å². The van der Waals surface area contributed by atoms with E-state index in [4.69, 9.17) is 51.1 Å². The van der Waals surface area contributed by atoms with Crippen molar-refractivity contribution < 1.29 is 14.6 Å². The van der Waals surface area contributed by atoms with Crippen LogP contribution in [0.5, 0.6) is 5.75 Å². The van der Waals surface area contributed by atoms with E-state index in [-0.39, 0.29) is 29.9 Å². The largest absolute Gasteiger partial charge is 0.487 e.